The van der Waals surface area contributed by atoms with E-state index in [0.29, 0.717) is 0 Å². The average molecular weight is 329 g/mol. The van der Waals surface area contributed by atoms with Crippen molar-refractivity contribution in [2.24, 2.45) is 0 Å². The van der Waals surface area contributed by atoms with Gasteiger partial charge in [-0.2, -0.15) is 0 Å². The first-order valence-electron chi connectivity index (χ1n) is 7.76. The molecule has 126 valence electrons. The van der Waals surface area contributed by atoms with Gasteiger partial charge >= 0.3 is 5.97 Å². The van der Waals surface area contributed by atoms with Gasteiger partial charge in [0, 0.05) is 6.54 Å². The minimum absolute atomic E-state index is 0.0287. The van der Waals surface area contributed by atoms with Crippen LogP contribution in [0, 0.1) is 5.82 Å². The Kier molecular flexibility index (Phi) is 6.49. The van der Waals surface area contributed by atoms with Crippen LogP contribution in [-0.2, 0) is 20.9 Å². The highest BCUT2D eigenvalue weighted by atomic mass is 19.1. The van der Waals surface area contributed by atoms with Gasteiger partial charge in [0.25, 0.3) is 5.91 Å². The molecule has 0 aliphatic rings. The molecule has 2 rings (SSSR count). The van der Waals surface area contributed by atoms with Crippen LogP contribution in [0.4, 0.5) is 4.39 Å². The summed E-state index contributed by atoms with van der Waals surface area (Å²) in [5, 5.41) is 2.62. The topological polar surface area (TPSA) is 55.4 Å². The van der Waals surface area contributed by atoms with Gasteiger partial charge < -0.3 is 10.1 Å². The largest absolute Gasteiger partial charge is 0.456 e. The summed E-state index contributed by atoms with van der Waals surface area (Å²) in [4.78, 5) is 23.5. The number of carbonyl (C=O) groups excluding carboxylic acids is 2. The van der Waals surface area contributed by atoms with Crippen molar-refractivity contribution < 1.29 is 18.7 Å². The van der Waals surface area contributed by atoms with Crippen molar-refractivity contribution >= 4 is 11.9 Å². The molecule has 24 heavy (non-hydrogen) atoms. The summed E-state index contributed by atoms with van der Waals surface area (Å²) in [6.07, 6.45) is 0.218. The van der Waals surface area contributed by atoms with Crippen LogP contribution in [-0.4, -0.2) is 18.5 Å². The van der Waals surface area contributed by atoms with E-state index in [-0.39, 0.29) is 37.2 Å². The van der Waals surface area contributed by atoms with Gasteiger partial charge in [-0.05, 0) is 29.2 Å². The number of hydrogen-bond acceptors (Lipinski definition) is 3. The molecule has 0 fully saturated rings. The molecule has 1 N–H and O–H groups in total. The Labute approximate surface area is 140 Å². The molecule has 0 aliphatic carbocycles. The lowest BCUT2D eigenvalue weighted by Gasteiger charge is -2.11. The highest BCUT2D eigenvalue weighted by Gasteiger charge is 2.13. The summed E-state index contributed by atoms with van der Waals surface area (Å²) in [6, 6.07) is 15.5. The lowest BCUT2D eigenvalue weighted by molar-refractivity contribution is -0.148. The van der Waals surface area contributed by atoms with Crippen LogP contribution in [0.5, 0.6) is 0 Å². The summed E-state index contributed by atoms with van der Waals surface area (Å²) < 4.78 is 17.8. The zero-order valence-corrected chi connectivity index (χ0v) is 13.5. The van der Waals surface area contributed by atoms with Crippen molar-refractivity contribution in [2.75, 3.05) is 6.61 Å². The molecule has 0 aliphatic heterocycles. The predicted octanol–water partition coefficient (Wildman–Crippen LogP) is 3.18. The molecule has 0 aromatic heterocycles. The normalized spacial score (nSPS) is 11.6. The number of rotatable bonds is 7. The fraction of sp³-hybridized carbons (Fsp3) is 0.263. The van der Waals surface area contributed by atoms with Crippen LogP contribution < -0.4 is 5.32 Å². The molecule has 0 unspecified atom stereocenters. The monoisotopic (exact) mass is 329 g/mol. The third-order valence-corrected chi connectivity index (χ3v) is 3.61. The van der Waals surface area contributed by atoms with Crippen molar-refractivity contribution in [1.29, 1.82) is 0 Å². The molecular formula is C19H20FNO3. The average Bonchev–Trinajstić information content (AvgIpc) is 2.60. The summed E-state index contributed by atoms with van der Waals surface area (Å²) in [5.74, 6) is -1.10. The van der Waals surface area contributed by atoms with Crippen molar-refractivity contribution in [3.05, 3.63) is 71.5 Å². The van der Waals surface area contributed by atoms with E-state index in [1.807, 2.05) is 37.3 Å². The van der Waals surface area contributed by atoms with Gasteiger partial charge in [0.1, 0.15) is 5.82 Å². The van der Waals surface area contributed by atoms with Crippen LogP contribution in [0.1, 0.15) is 30.4 Å². The first kappa shape index (κ1) is 17.7. The fourth-order valence-electron chi connectivity index (χ4n) is 2.21. The predicted molar refractivity (Wildman–Crippen MR) is 88.7 cm³/mol. The molecular weight excluding hydrogens is 309 g/mol. The molecule has 0 spiro atoms. The summed E-state index contributed by atoms with van der Waals surface area (Å²) >= 11 is 0. The Morgan fingerprint density at radius 2 is 1.75 bits per heavy atom. The maximum absolute atomic E-state index is 12.8. The van der Waals surface area contributed by atoms with Crippen molar-refractivity contribution in [1.82, 2.24) is 5.32 Å². The number of nitrogens with one attached hydrogen (secondary N) is 1. The standard InChI is InChI=1S/C19H20FNO3/c1-14(16-5-3-2-4-6-16)11-19(23)24-13-18(22)21-12-15-7-9-17(20)10-8-15/h2-10,14H,11-13H2,1H3,(H,21,22)/t14-/m1/s1. The third kappa shape index (κ3) is 5.83. The van der Waals surface area contributed by atoms with Crippen LogP contribution in [0.25, 0.3) is 0 Å². The van der Waals surface area contributed by atoms with E-state index in [1.54, 1.807) is 12.1 Å². The Morgan fingerprint density at radius 1 is 1.08 bits per heavy atom. The van der Waals surface area contributed by atoms with E-state index >= 15 is 0 Å². The molecule has 2 aromatic carbocycles. The molecule has 4 nitrogen and oxygen atoms in total. The van der Waals surface area contributed by atoms with Crippen LogP contribution >= 0.6 is 0 Å². The molecule has 1 amide bonds. The minimum Gasteiger partial charge on any atom is -0.456 e. The Hall–Kier alpha value is -2.69. The maximum atomic E-state index is 12.8. The molecule has 2 aromatic rings. The zero-order chi connectivity index (χ0) is 17.4. The number of benzene rings is 2. The molecule has 0 heterocycles. The summed E-state index contributed by atoms with van der Waals surface area (Å²) in [7, 11) is 0. The minimum atomic E-state index is -0.414. The Balaban J connectivity index is 1.69. The summed E-state index contributed by atoms with van der Waals surface area (Å²) in [6.45, 7) is 1.88. The van der Waals surface area contributed by atoms with Crippen LogP contribution in [0.2, 0.25) is 0 Å². The van der Waals surface area contributed by atoms with Crippen LogP contribution in [0.15, 0.2) is 54.6 Å². The first-order valence-corrected chi connectivity index (χ1v) is 7.76. The van der Waals surface area contributed by atoms with E-state index in [4.69, 9.17) is 4.74 Å². The lowest BCUT2D eigenvalue weighted by Crippen LogP contribution is -2.28. The quantitative estimate of drug-likeness (QED) is 0.794. The number of amides is 1. The first-order chi connectivity index (χ1) is 11.5. The van der Waals surface area contributed by atoms with E-state index in [1.165, 1.54) is 12.1 Å². The second-order valence-electron chi connectivity index (χ2n) is 5.58. The van der Waals surface area contributed by atoms with Gasteiger partial charge in [-0.3, -0.25) is 9.59 Å². The fourth-order valence-corrected chi connectivity index (χ4v) is 2.21. The van der Waals surface area contributed by atoms with E-state index in [0.717, 1.165) is 11.1 Å². The van der Waals surface area contributed by atoms with Crippen molar-refractivity contribution in [2.45, 2.75) is 25.8 Å². The molecule has 0 saturated carbocycles. The second kappa shape index (κ2) is 8.82. The van der Waals surface area contributed by atoms with Gasteiger partial charge in [-0.25, -0.2) is 4.39 Å². The number of halogens is 1. The third-order valence-electron chi connectivity index (χ3n) is 3.61. The molecule has 0 bridgehead atoms. The second-order valence-corrected chi connectivity index (χ2v) is 5.58. The zero-order valence-electron chi connectivity index (χ0n) is 13.5. The number of hydrogen-bond donors (Lipinski definition) is 1. The molecule has 5 heteroatoms. The highest BCUT2D eigenvalue weighted by molar-refractivity contribution is 5.80. The highest BCUT2D eigenvalue weighted by Crippen LogP contribution is 2.18. The maximum Gasteiger partial charge on any atom is 0.306 e. The van der Waals surface area contributed by atoms with E-state index < -0.39 is 5.97 Å². The Morgan fingerprint density at radius 3 is 2.42 bits per heavy atom. The SMILES string of the molecule is C[C@H](CC(=O)OCC(=O)NCc1ccc(F)cc1)c1ccccc1. The van der Waals surface area contributed by atoms with Gasteiger partial charge in [0.15, 0.2) is 6.61 Å². The van der Waals surface area contributed by atoms with Crippen molar-refractivity contribution in [3.63, 3.8) is 0 Å². The molecule has 0 radical (unpaired) electrons. The molecule has 1 atom stereocenters. The van der Waals surface area contributed by atoms with Gasteiger partial charge in [0.2, 0.25) is 0 Å². The number of ether oxygens (including phenoxy) is 1. The van der Waals surface area contributed by atoms with Gasteiger partial charge in [-0.15, -0.1) is 0 Å². The smallest absolute Gasteiger partial charge is 0.306 e. The van der Waals surface area contributed by atoms with E-state index in [2.05, 4.69) is 5.32 Å². The van der Waals surface area contributed by atoms with Gasteiger partial charge in [-0.1, -0.05) is 49.4 Å². The molecule has 0 saturated heterocycles. The van der Waals surface area contributed by atoms with Gasteiger partial charge in [0.05, 0.1) is 6.42 Å². The van der Waals surface area contributed by atoms with Crippen molar-refractivity contribution in [3.8, 4) is 0 Å². The lowest BCUT2D eigenvalue weighted by atomic mass is 9.98. The van der Waals surface area contributed by atoms with Crippen LogP contribution in [0.3, 0.4) is 0 Å². The number of carbonyl (C=O) groups is 2. The number of esters is 1. The summed E-state index contributed by atoms with van der Waals surface area (Å²) in [5.41, 5.74) is 1.82. The van der Waals surface area contributed by atoms with E-state index in [9.17, 15) is 14.0 Å². The Bertz CT molecular complexity index is 671.